The molecule has 1 aromatic carbocycles. The number of hydrogen-bond acceptors (Lipinski definition) is 6. The van der Waals surface area contributed by atoms with E-state index in [4.69, 9.17) is 9.11 Å². The van der Waals surface area contributed by atoms with Crippen LogP contribution in [0.5, 0.6) is 0 Å². The van der Waals surface area contributed by atoms with Crippen molar-refractivity contribution < 1.29 is 43.1 Å². The first-order chi connectivity index (χ1) is 12.1. The molecule has 0 aromatic heterocycles. The molecule has 0 bridgehead atoms. The van der Waals surface area contributed by atoms with Gasteiger partial charge in [0.1, 0.15) is 0 Å². The minimum Gasteiger partial charge on any atom is -0.282 e. The van der Waals surface area contributed by atoms with Crippen LogP contribution in [-0.2, 0) is 30.3 Å². The Hall–Kier alpha value is -1.19. The molecule has 1 heterocycles. The van der Waals surface area contributed by atoms with Gasteiger partial charge in [-0.15, -0.1) is 0 Å². The van der Waals surface area contributed by atoms with Crippen LogP contribution in [0.15, 0.2) is 23.1 Å². The largest absolute Gasteiger partial charge is 0.484 e. The molecule has 2 rings (SSSR count). The zero-order valence-corrected chi connectivity index (χ0v) is 16.4. The Labute approximate surface area is 155 Å². The average molecular weight is 449 g/mol. The van der Waals surface area contributed by atoms with E-state index in [1.807, 2.05) is 0 Å². The highest BCUT2D eigenvalue weighted by molar-refractivity contribution is 8.06. The van der Waals surface area contributed by atoms with Crippen molar-refractivity contribution in [3.8, 4) is 0 Å². The monoisotopic (exact) mass is 449 g/mol. The maximum absolute atomic E-state index is 13.6. The van der Waals surface area contributed by atoms with E-state index in [0.29, 0.717) is 11.1 Å². The van der Waals surface area contributed by atoms with Crippen molar-refractivity contribution in [3.63, 3.8) is 0 Å². The topological polar surface area (TPSA) is 146 Å². The lowest BCUT2D eigenvalue weighted by Crippen LogP contribution is -2.49. The van der Waals surface area contributed by atoms with Gasteiger partial charge in [-0.2, -0.15) is 29.9 Å². The Kier molecular flexibility index (Phi) is 5.73. The fraction of sp³-hybridized carbons (Fsp3) is 0.538. The summed E-state index contributed by atoms with van der Waals surface area (Å²) in [5.41, 5.74) is 1.16. The van der Waals surface area contributed by atoms with Gasteiger partial charge in [-0.3, -0.25) is 9.11 Å². The third-order valence-corrected chi connectivity index (χ3v) is 8.74. The predicted octanol–water partition coefficient (Wildman–Crippen LogP) is 1.19. The number of halogens is 2. The van der Waals surface area contributed by atoms with Gasteiger partial charge in [-0.05, 0) is 48.9 Å². The molecule has 0 amide bonds. The molecule has 1 aliphatic rings. The smallest absolute Gasteiger partial charge is 0.282 e. The Morgan fingerprint density at radius 3 is 2.00 bits per heavy atom. The van der Waals surface area contributed by atoms with Gasteiger partial charge in [0.05, 0.1) is 4.90 Å². The predicted molar refractivity (Wildman–Crippen MR) is 90.0 cm³/mol. The number of nitrogens with zero attached hydrogens (tertiary/aromatic N) is 1. The SMILES string of the molecule is Cc1ccc(S(=O)(=O)O)cc1C1CCN(S(=O)(=O)C(F)(F)S(=O)(=O)O)CC1. The summed E-state index contributed by atoms with van der Waals surface area (Å²) in [7, 11) is -16.3. The molecule has 0 radical (unpaired) electrons. The van der Waals surface area contributed by atoms with Crippen molar-refractivity contribution in [2.75, 3.05) is 13.1 Å². The molecule has 0 unspecified atom stereocenters. The molecule has 1 aromatic rings. The third kappa shape index (κ3) is 4.14. The third-order valence-electron chi connectivity index (χ3n) is 4.38. The van der Waals surface area contributed by atoms with Gasteiger partial charge in [0.2, 0.25) is 0 Å². The second kappa shape index (κ2) is 7.00. The van der Waals surface area contributed by atoms with Gasteiger partial charge in [-0.1, -0.05) is 6.07 Å². The number of rotatable bonds is 5. The van der Waals surface area contributed by atoms with E-state index >= 15 is 0 Å². The molecular formula is C13H17F2NO8S3. The van der Waals surface area contributed by atoms with Crippen LogP contribution in [0.1, 0.15) is 29.9 Å². The van der Waals surface area contributed by atoms with Crippen LogP contribution in [0.25, 0.3) is 0 Å². The molecule has 14 heteroatoms. The molecular weight excluding hydrogens is 432 g/mol. The van der Waals surface area contributed by atoms with Crippen LogP contribution in [0, 0.1) is 6.92 Å². The molecule has 2 N–H and O–H groups in total. The minimum atomic E-state index is -6.16. The van der Waals surface area contributed by atoms with Gasteiger partial charge >= 0.3 is 14.7 Å². The first-order valence-corrected chi connectivity index (χ1v) is 11.8. The van der Waals surface area contributed by atoms with Crippen molar-refractivity contribution in [1.82, 2.24) is 4.31 Å². The molecule has 1 aliphatic heterocycles. The molecule has 1 fully saturated rings. The lowest BCUT2D eigenvalue weighted by molar-refractivity contribution is 0.151. The Bertz CT molecular complexity index is 1040. The molecule has 0 saturated carbocycles. The Balaban J connectivity index is 2.26. The van der Waals surface area contributed by atoms with Crippen molar-refractivity contribution in [1.29, 1.82) is 0 Å². The number of benzene rings is 1. The molecule has 0 aliphatic carbocycles. The molecule has 27 heavy (non-hydrogen) atoms. The van der Waals surface area contributed by atoms with Crippen molar-refractivity contribution in [2.45, 2.75) is 35.2 Å². The molecule has 154 valence electrons. The summed E-state index contributed by atoms with van der Waals surface area (Å²) in [5.74, 6) is -0.391. The van der Waals surface area contributed by atoms with Gasteiger partial charge in [0.25, 0.3) is 20.1 Å². The minimum absolute atomic E-state index is 0.0105. The summed E-state index contributed by atoms with van der Waals surface area (Å²) < 4.78 is 108. The second-order valence-corrected chi connectivity index (χ2v) is 11.2. The Morgan fingerprint density at radius 2 is 1.56 bits per heavy atom. The normalized spacial score (nSPS) is 18.6. The van der Waals surface area contributed by atoms with Crippen LogP contribution in [0.2, 0.25) is 0 Å². The standard InChI is InChI=1S/C13H17F2NO8S3/c1-9-2-3-11(25(17,18)19)8-12(9)10-4-6-16(7-5-10)26(20,21)13(14,15)27(22,23)24/h2-3,8,10H,4-7H2,1H3,(H,17,18,19)(H,22,23,24). The fourth-order valence-electron chi connectivity index (χ4n) is 2.91. The lowest BCUT2D eigenvalue weighted by Gasteiger charge is -2.33. The zero-order chi connectivity index (χ0) is 20.8. The highest BCUT2D eigenvalue weighted by Gasteiger charge is 2.60. The van der Waals surface area contributed by atoms with E-state index in [0.717, 1.165) is 0 Å². The van der Waals surface area contributed by atoms with Crippen LogP contribution < -0.4 is 0 Å². The van der Waals surface area contributed by atoms with Crippen molar-refractivity contribution >= 4 is 30.3 Å². The fourth-order valence-corrected chi connectivity index (χ4v) is 5.80. The number of sulfonamides is 1. The second-order valence-electron chi connectivity index (χ2n) is 6.11. The number of hydrogen-bond donors (Lipinski definition) is 2. The Morgan fingerprint density at radius 1 is 1.04 bits per heavy atom. The van der Waals surface area contributed by atoms with Crippen LogP contribution in [0.3, 0.4) is 0 Å². The van der Waals surface area contributed by atoms with E-state index in [1.165, 1.54) is 18.2 Å². The quantitative estimate of drug-likeness (QED) is 0.638. The van der Waals surface area contributed by atoms with E-state index < -0.39 is 53.9 Å². The number of piperidine rings is 1. The maximum atomic E-state index is 13.6. The lowest BCUT2D eigenvalue weighted by atomic mass is 9.87. The van der Waals surface area contributed by atoms with Gasteiger partial charge in [-0.25, -0.2) is 8.42 Å². The molecule has 0 atom stereocenters. The summed E-state index contributed by atoms with van der Waals surface area (Å²) in [6.07, 6.45) is 0.0209. The average Bonchev–Trinajstić information content (AvgIpc) is 2.53. The summed E-state index contributed by atoms with van der Waals surface area (Å²) >= 11 is 0. The van der Waals surface area contributed by atoms with Gasteiger partial charge in [0.15, 0.2) is 0 Å². The number of alkyl halides is 2. The van der Waals surface area contributed by atoms with E-state index in [1.54, 1.807) is 6.92 Å². The van der Waals surface area contributed by atoms with Crippen molar-refractivity contribution in [2.24, 2.45) is 0 Å². The highest BCUT2D eigenvalue weighted by Crippen LogP contribution is 2.37. The summed E-state index contributed by atoms with van der Waals surface area (Å²) in [6, 6.07) is 3.88. The zero-order valence-electron chi connectivity index (χ0n) is 13.9. The summed E-state index contributed by atoms with van der Waals surface area (Å²) in [4.78, 5) is -0.351. The first-order valence-electron chi connectivity index (χ1n) is 7.51. The van der Waals surface area contributed by atoms with E-state index in [9.17, 15) is 34.0 Å². The van der Waals surface area contributed by atoms with Crippen molar-refractivity contribution in [3.05, 3.63) is 29.3 Å². The van der Waals surface area contributed by atoms with Crippen LogP contribution in [0.4, 0.5) is 8.78 Å². The van der Waals surface area contributed by atoms with Crippen LogP contribution in [-0.4, -0.2) is 56.3 Å². The van der Waals surface area contributed by atoms with Gasteiger partial charge in [0, 0.05) is 13.1 Å². The van der Waals surface area contributed by atoms with E-state index in [-0.39, 0.29) is 22.0 Å². The van der Waals surface area contributed by atoms with Crippen LogP contribution >= 0.6 is 0 Å². The van der Waals surface area contributed by atoms with Gasteiger partial charge < -0.3 is 0 Å². The maximum Gasteiger partial charge on any atom is 0.484 e. The molecule has 1 saturated heterocycles. The number of aryl methyl sites for hydroxylation is 1. The molecule has 0 spiro atoms. The first kappa shape index (κ1) is 22.1. The highest BCUT2D eigenvalue weighted by atomic mass is 32.3. The summed E-state index contributed by atoms with van der Waals surface area (Å²) in [5, 5.41) is 0. The van der Waals surface area contributed by atoms with E-state index in [2.05, 4.69) is 0 Å². The summed E-state index contributed by atoms with van der Waals surface area (Å²) in [6.45, 7) is 0.764. The molecule has 9 nitrogen and oxygen atoms in total.